The standard InChI is InChI=1S/C9H9N5.C5H12O2/c10-8-12-7(13-9(11)14-8)6-4-2-1-3-5-6;1-2-3-4-7-5-6/h1-5H,(H4,10,11,12,13,14);6H,2-5H2,1H3. The molecule has 2 aromatic rings. The van der Waals surface area contributed by atoms with E-state index < -0.39 is 0 Å². The van der Waals surface area contributed by atoms with Gasteiger partial charge in [0.25, 0.3) is 0 Å². The number of aliphatic hydroxyl groups is 1. The van der Waals surface area contributed by atoms with Gasteiger partial charge in [-0.2, -0.15) is 15.0 Å². The van der Waals surface area contributed by atoms with Gasteiger partial charge in [0, 0.05) is 12.2 Å². The van der Waals surface area contributed by atoms with Crippen LogP contribution in [0, 0.1) is 0 Å². The summed E-state index contributed by atoms with van der Waals surface area (Å²) in [5, 5.41) is 8.07. The number of nitrogens with two attached hydrogens (primary N) is 2. The molecular formula is C14H21N5O2. The number of aliphatic hydroxyl groups excluding tert-OH is 1. The van der Waals surface area contributed by atoms with E-state index in [9.17, 15) is 0 Å². The maximum Gasteiger partial charge on any atom is 0.225 e. The highest BCUT2D eigenvalue weighted by molar-refractivity contribution is 5.56. The van der Waals surface area contributed by atoms with Crippen molar-refractivity contribution in [2.24, 2.45) is 0 Å². The van der Waals surface area contributed by atoms with Crippen molar-refractivity contribution in [2.45, 2.75) is 19.8 Å². The van der Waals surface area contributed by atoms with Crippen LogP contribution < -0.4 is 11.5 Å². The van der Waals surface area contributed by atoms with Gasteiger partial charge < -0.3 is 21.3 Å². The summed E-state index contributed by atoms with van der Waals surface area (Å²) in [5.74, 6) is 0.767. The maximum absolute atomic E-state index is 8.07. The first-order valence-corrected chi connectivity index (χ1v) is 6.68. The number of hydrogen-bond acceptors (Lipinski definition) is 7. The average Bonchev–Trinajstić information content (AvgIpc) is 2.48. The van der Waals surface area contributed by atoms with E-state index in [0.717, 1.165) is 18.4 Å². The van der Waals surface area contributed by atoms with Crippen LogP contribution in [0.2, 0.25) is 0 Å². The number of rotatable bonds is 5. The Hall–Kier alpha value is -2.25. The van der Waals surface area contributed by atoms with E-state index in [2.05, 4.69) is 26.6 Å². The molecule has 5 N–H and O–H groups in total. The smallest absolute Gasteiger partial charge is 0.225 e. The molecule has 0 saturated carbocycles. The van der Waals surface area contributed by atoms with Crippen LogP contribution >= 0.6 is 0 Å². The molecule has 0 bridgehead atoms. The number of nitrogens with zero attached hydrogens (tertiary/aromatic N) is 3. The van der Waals surface area contributed by atoms with Crippen molar-refractivity contribution in [1.29, 1.82) is 0 Å². The van der Waals surface area contributed by atoms with E-state index in [0.29, 0.717) is 12.4 Å². The van der Waals surface area contributed by atoms with Crippen LogP contribution in [-0.2, 0) is 4.74 Å². The molecule has 21 heavy (non-hydrogen) atoms. The van der Waals surface area contributed by atoms with Crippen molar-refractivity contribution in [3.05, 3.63) is 30.3 Å². The Morgan fingerprint density at radius 3 is 2.19 bits per heavy atom. The van der Waals surface area contributed by atoms with Crippen molar-refractivity contribution >= 4 is 11.9 Å². The summed E-state index contributed by atoms with van der Waals surface area (Å²) in [6, 6.07) is 9.47. The molecule has 0 fully saturated rings. The first-order valence-electron chi connectivity index (χ1n) is 6.68. The Morgan fingerprint density at radius 1 is 1.05 bits per heavy atom. The molecule has 0 amide bonds. The van der Waals surface area contributed by atoms with Crippen molar-refractivity contribution in [1.82, 2.24) is 15.0 Å². The molecule has 0 aliphatic heterocycles. The molecular weight excluding hydrogens is 270 g/mol. The molecule has 1 heterocycles. The summed E-state index contributed by atoms with van der Waals surface area (Å²) in [6.45, 7) is 2.63. The zero-order valence-corrected chi connectivity index (χ0v) is 12.1. The fraction of sp³-hybridized carbons (Fsp3) is 0.357. The molecule has 114 valence electrons. The molecule has 0 radical (unpaired) electrons. The first kappa shape index (κ1) is 16.8. The number of anilines is 2. The van der Waals surface area contributed by atoms with E-state index >= 15 is 0 Å². The van der Waals surface area contributed by atoms with Crippen LogP contribution in [0.5, 0.6) is 0 Å². The molecule has 0 aliphatic rings. The molecule has 0 spiro atoms. The zero-order valence-electron chi connectivity index (χ0n) is 12.1. The molecule has 7 heteroatoms. The van der Waals surface area contributed by atoms with Crippen LogP contribution in [0.3, 0.4) is 0 Å². The largest absolute Gasteiger partial charge is 0.371 e. The lowest BCUT2D eigenvalue weighted by atomic mass is 10.2. The summed E-state index contributed by atoms with van der Waals surface area (Å²) in [6.07, 6.45) is 2.17. The molecule has 1 aromatic heterocycles. The molecule has 1 aromatic carbocycles. The summed E-state index contributed by atoms with van der Waals surface area (Å²) in [4.78, 5) is 11.7. The highest BCUT2D eigenvalue weighted by Crippen LogP contribution is 2.14. The van der Waals surface area contributed by atoms with Crippen LogP contribution in [0.25, 0.3) is 11.4 Å². The lowest BCUT2D eigenvalue weighted by Crippen LogP contribution is -2.04. The van der Waals surface area contributed by atoms with E-state index in [1.807, 2.05) is 30.3 Å². The predicted octanol–water partition coefficient (Wildman–Crippen LogP) is 1.46. The van der Waals surface area contributed by atoms with Gasteiger partial charge in [-0.05, 0) is 6.42 Å². The van der Waals surface area contributed by atoms with Gasteiger partial charge in [0.05, 0.1) is 0 Å². The van der Waals surface area contributed by atoms with Gasteiger partial charge in [0.1, 0.15) is 6.79 Å². The summed E-state index contributed by atoms with van der Waals surface area (Å²) in [7, 11) is 0. The fourth-order valence-electron chi connectivity index (χ4n) is 1.44. The topological polar surface area (TPSA) is 120 Å². The van der Waals surface area contributed by atoms with Crippen molar-refractivity contribution in [2.75, 3.05) is 24.9 Å². The Balaban J connectivity index is 0.000000270. The second kappa shape index (κ2) is 9.62. The monoisotopic (exact) mass is 291 g/mol. The number of benzene rings is 1. The number of nitrogen functional groups attached to an aromatic ring is 2. The second-order valence-corrected chi connectivity index (χ2v) is 4.13. The average molecular weight is 291 g/mol. The molecule has 0 aliphatic carbocycles. The second-order valence-electron chi connectivity index (χ2n) is 4.13. The van der Waals surface area contributed by atoms with Crippen LogP contribution in [0.4, 0.5) is 11.9 Å². The Labute approximate surface area is 124 Å². The molecule has 0 atom stereocenters. The summed E-state index contributed by atoms with van der Waals surface area (Å²) < 4.78 is 4.63. The highest BCUT2D eigenvalue weighted by Gasteiger charge is 2.03. The van der Waals surface area contributed by atoms with Crippen LogP contribution in [0.15, 0.2) is 30.3 Å². The minimum absolute atomic E-state index is 0.136. The lowest BCUT2D eigenvalue weighted by molar-refractivity contribution is -0.00234. The minimum atomic E-state index is -0.139. The SMILES string of the molecule is CCCCOCO.Nc1nc(N)nc(-c2ccccc2)n1. The van der Waals surface area contributed by atoms with Crippen molar-refractivity contribution in [3.63, 3.8) is 0 Å². The lowest BCUT2D eigenvalue weighted by Gasteiger charge is -2.00. The van der Waals surface area contributed by atoms with E-state index in [1.165, 1.54) is 0 Å². The summed E-state index contributed by atoms with van der Waals surface area (Å²) in [5.41, 5.74) is 11.8. The Morgan fingerprint density at radius 2 is 1.67 bits per heavy atom. The third kappa shape index (κ3) is 6.64. The number of hydrogen-bond donors (Lipinski definition) is 3. The molecule has 7 nitrogen and oxygen atoms in total. The Kier molecular flexibility index (Phi) is 7.70. The quantitative estimate of drug-likeness (QED) is 0.563. The van der Waals surface area contributed by atoms with Gasteiger partial charge in [-0.1, -0.05) is 43.7 Å². The fourth-order valence-corrected chi connectivity index (χ4v) is 1.44. The number of unbranched alkanes of at least 4 members (excludes halogenated alkanes) is 1. The normalized spacial score (nSPS) is 9.81. The van der Waals surface area contributed by atoms with Crippen molar-refractivity contribution in [3.8, 4) is 11.4 Å². The first-order chi connectivity index (χ1) is 10.2. The van der Waals surface area contributed by atoms with Gasteiger partial charge in [0.2, 0.25) is 11.9 Å². The van der Waals surface area contributed by atoms with Gasteiger partial charge >= 0.3 is 0 Å². The zero-order chi connectivity index (χ0) is 15.5. The van der Waals surface area contributed by atoms with Gasteiger partial charge in [0.15, 0.2) is 5.82 Å². The predicted molar refractivity (Wildman–Crippen MR) is 82.0 cm³/mol. The minimum Gasteiger partial charge on any atom is -0.371 e. The highest BCUT2D eigenvalue weighted by atomic mass is 16.6. The maximum atomic E-state index is 8.07. The number of ether oxygens (including phenoxy) is 1. The van der Waals surface area contributed by atoms with E-state index in [1.54, 1.807) is 0 Å². The van der Waals surface area contributed by atoms with Crippen LogP contribution in [0.1, 0.15) is 19.8 Å². The number of aromatic nitrogens is 3. The molecule has 0 unspecified atom stereocenters. The molecule has 0 saturated heterocycles. The van der Waals surface area contributed by atoms with Crippen LogP contribution in [-0.4, -0.2) is 33.5 Å². The third-order valence-electron chi connectivity index (χ3n) is 2.44. The van der Waals surface area contributed by atoms with E-state index in [4.69, 9.17) is 16.6 Å². The summed E-state index contributed by atoms with van der Waals surface area (Å²) >= 11 is 0. The van der Waals surface area contributed by atoms with Crippen molar-refractivity contribution < 1.29 is 9.84 Å². The Bertz CT molecular complexity index is 498. The van der Waals surface area contributed by atoms with E-state index in [-0.39, 0.29) is 18.7 Å². The molecule has 2 rings (SSSR count). The third-order valence-corrected chi connectivity index (χ3v) is 2.44. The van der Waals surface area contributed by atoms with Gasteiger partial charge in [-0.25, -0.2) is 0 Å². The van der Waals surface area contributed by atoms with Gasteiger partial charge in [-0.3, -0.25) is 0 Å². The van der Waals surface area contributed by atoms with Gasteiger partial charge in [-0.15, -0.1) is 0 Å².